The number of thiocarbonyl (C=S) groups is 1. The fourth-order valence-electron chi connectivity index (χ4n) is 2.06. The first-order valence-corrected chi connectivity index (χ1v) is 10.6. The van der Waals surface area contributed by atoms with E-state index in [2.05, 4.69) is 0 Å². The van der Waals surface area contributed by atoms with Crippen LogP contribution in [0.1, 0.15) is 6.42 Å². The summed E-state index contributed by atoms with van der Waals surface area (Å²) in [6.07, 6.45) is 2.21. The maximum absolute atomic E-state index is 11.4. The summed E-state index contributed by atoms with van der Waals surface area (Å²) in [4.78, 5) is 1.78. The average Bonchev–Trinajstić information content (AvgIpc) is 2.80. The number of sulfone groups is 2. The minimum absolute atomic E-state index is 0.0641. The highest BCUT2D eigenvalue weighted by Gasteiger charge is 2.33. The quantitative estimate of drug-likeness (QED) is 0.675. The summed E-state index contributed by atoms with van der Waals surface area (Å²) in [5.41, 5.74) is 0. The maximum atomic E-state index is 11.4. The van der Waals surface area contributed by atoms with Gasteiger partial charge in [-0.25, -0.2) is 16.8 Å². The van der Waals surface area contributed by atoms with Crippen LogP contribution in [0.5, 0.6) is 0 Å². The molecule has 5 nitrogen and oxygen atoms in total. The molecule has 0 aromatic carbocycles. The third kappa shape index (κ3) is 3.93. The molecule has 2 aliphatic rings. The molecule has 2 heterocycles. The second-order valence-corrected chi connectivity index (χ2v) is 10.8. The number of hydrogen-bond donors (Lipinski definition) is 0. The summed E-state index contributed by atoms with van der Waals surface area (Å²) in [6.45, 7) is 0. The van der Waals surface area contributed by atoms with E-state index in [9.17, 15) is 16.8 Å². The van der Waals surface area contributed by atoms with Crippen LogP contribution in [-0.2, 0) is 19.7 Å². The molecule has 2 rings (SSSR count). The fraction of sp³-hybridized carbons (Fsp3) is 0.700. The summed E-state index contributed by atoms with van der Waals surface area (Å²) in [7, 11) is -4.25. The Morgan fingerprint density at radius 2 is 2.00 bits per heavy atom. The Kier molecular flexibility index (Phi) is 4.29. The van der Waals surface area contributed by atoms with E-state index < -0.39 is 19.7 Å². The number of hydrogen-bond acceptors (Lipinski definition) is 6. The number of thioether (sulfide) groups is 1. The Balaban J connectivity index is 1.92. The molecule has 0 radical (unpaired) electrons. The molecule has 0 aromatic rings. The molecule has 0 aromatic heterocycles. The summed E-state index contributed by atoms with van der Waals surface area (Å²) in [5, 5.41) is 1.05. The summed E-state index contributed by atoms with van der Waals surface area (Å²) in [6, 6.07) is -0.0908. The Hall–Kier alpha value is -0.120. The van der Waals surface area contributed by atoms with Gasteiger partial charge in [0.2, 0.25) is 0 Å². The molecule has 0 unspecified atom stereocenters. The summed E-state index contributed by atoms with van der Waals surface area (Å²) >= 11 is 6.57. The van der Waals surface area contributed by atoms with Gasteiger partial charge in [-0.05, 0) is 6.42 Å². The van der Waals surface area contributed by atoms with Crippen LogP contribution < -0.4 is 0 Å². The largest absolute Gasteiger partial charge is 0.357 e. The molecule has 0 saturated carbocycles. The van der Waals surface area contributed by atoms with Crippen LogP contribution in [0.25, 0.3) is 0 Å². The SMILES string of the molecule is CN(C(=S)S[C@H]1C=CS(=O)(=O)C1)[C@@H]1CCS(=O)(=O)C1. The van der Waals surface area contributed by atoms with Crippen LogP contribution in [0.3, 0.4) is 0 Å². The molecule has 0 amide bonds. The first-order valence-electron chi connectivity index (χ1n) is 5.73. The smallest absolute Gasteiger partial charge is 0.172 e. The lowest BCUT2D eigenvalue weighted by Gasteiger charge is -2.26. The van der Waals surface area contributed by atoms with Crippen LogP contribution in [0.2, 0.25) is 0 Å². The molecular formula is C10H15NO4S4. The van der Waals surface area contributed by atoms with Gasteiger partial charge in [-0.3, -0.25) is 0 Å². The van der Waals surface area contributed by atoms with Gasteiger partial charge in [0.05, 0.1) is 17.3 Å². The number of rotatable bonds is 2. The molecule has 108 valence electrons. The minimum Gasteiger partial charge on any atom is -0.357 e. The van der Waals surface area contributed by atoms with Crippen molar-refractivity contribution < 1.29 is 16.8 Å². The first-order chi connectivity index (χ1) is 8.69. The van der Waals surface area contributed by atoms with Crippen molar-refractivity contribution in [1.82, 2.24) is 4.90 Å². The summed E-state index contributed by atoms with van der Waals surface area (Å²) < 4.78 is 46.0. The molecule has 1 fully saturated rings. The molecule has 0 bridgehead atoms. The van der Waals surface area contributed by atoms with Crippen molar-refractivity contribution in [2.45, 2.75) is 17.7 Å². The fourth-order valence-corrected chi connectivity index (χ4v) is 7.14. The van der Waals surface area contributed by atoms with Crippen molar-refractivity contribution in [3.05, 3.63) is 11.5 Å². The van der Waals surface area contributed by atoms with Crippen LogP contribution in [-0.4, -0.2) is 61.7 Å². The van der Waals surface area contributed by atoms with E-state index in [1.54, 1.807) is 18.0 Å². The standard InChI is InChI=1S/C10H15NO4S4/c1-11(8-2-4-18(12,13)6-8)10(16)17-9-3-5-19(14,15)7-9/h3,5,8-9H,2,4,6-7H2,1H3/t8-,9+/m1/s1. The van der Waals surface area contributed by atoms with Crippen molar-refractivity contribution in [1.29, 1.82) is 0 Å². The lowest BCUT2D eigenvalue weighted by molar-refractivity contribution is 0.409. The second kappa shape index (κ2) is 5.34. The van der Waals surface area contributed by atoms with Crippen LogP contribution in [0, 0.1) is 0 Å². The van der Waals surface area contributed by atoms with Crippen LogP contribution in [0.4, 0.5) is 0 Å². The Labute approximate surface area is 123 Å². The van der Waals surface area contributed by atoms with Gasteiger partial charge in [-0.1, -0.05) is 30.1 Å². The molecule has 2 aliphatic heterocycles. The van der Waals surface area contributed by atoms with Crippen molar-refractivity contribution >= 4 is 48.0 Å². The molecule has 9 heteroatoms. The first kappa shape index (κ1) is 15.3. The highest BCUT2D eigenvalue weighted by atomic mass is 32.2. The van der Waals surface area contributed by atoms with E-state index >= 15 is 0 Å². The van der Waals surface area contributed by atoms with E-state index in [-0.39, 0.29) is 28.6 Å². The third-order valence-corrected chi connectivity index (χ3v) is 8.24. The van der Waals surface area contributed by atoms with Gasteiger partial charge in [-0.2, -0.15) is 0 Å². The van der Waals surface area contributed by atoms with E-state index in [0.29, 0.717) is 10.7 Å². The van der Waals surface area contributed by atoms with E-state index in [0.717, 1.165) is 0 Å². The van der Waals surface area contributed by atoms with Gasteiger partial charge in [0.25, 0.3) is 0 Å². The predicted octanol–water partition coefficient (Wildman–Crippen LogP) is 0.434. The topological polar surface area (TPSA) is 71.5 Å². The lowest BCUT2D eigenvalue weighted by atomic mass is 10.2. The monoisotopic (exact) mass is 341 g/mol. The van der Waals surface area contributed by atoms with E-state index in [1.165, 1.54) is 17.2 Å². The normalized spacial score (nSPS) is 31.4. The highest BCUT2D eigenvalue weighted by molar-refractivity contribution is 8.23. The Morgan fingerprint density at radius 3 is 2.47 bits per heavy atom. The van der Waals surface area contributed by atoms with E-state index in [4.69, 9.17) is 12.2 Å². The zero-order valence-electron chi connectivity index (χ0n) is 10.4. The highest BCUT2D eigenvalue weighted by Crippen LogP contribution is 2.26. The molecule has 1 saturated heterocycles. The Bertz CT molecular complexity index is 607. The third-order valence-electron chi connectivity index (χ3n) is 3.19. The molecule has 0 N–H and O–H groups in total. The molecule has 19 heavy (non-hydrogen) atoms. The van der Waals surface area contributed by atoms with Crippen molar-refractivity contribution in [3.63, 3.8) is 0 Å². The summed E-state index contributed by atoms with van der Waals surface area (Å²) in [5.74, 6) is 0.393. The van der Waals surface area contributed by atoms with Gasteiger partial charge >= 0.3 is 0 Å². The maximum Gasteiger partial charge on any atom is 0.172 e. The van der Waals surface area contributed by atoms with Crippen molar-refractivity contribution in [3.8, 4) is 0 Å². The molecule has 0 spiro atoms. The molecule has 0 aliphatic carbocycles. The van der Waals surface area contributed by atoms with Gasteiger partial charge in [0, 0.05) is 23.7 Å². The van der Waals surface area contributed by atoms with Crippen molar-refractivity contribution in [2.24, 2.45) is 0 Å². The van der Waals surface area contributed by atoms with Gasteiger partial charge in [0.15, 0.2) is 19.7 Å². The van der Waals surface area contributed by atoms with E-state index in [1.807, 2.05) is 0 Å². The van der Waals surface area contributed by atoms with Gasteiger partial charge in [-0.15, -0.1) is 0 Å². The Morgan fingerprint density at radius 1 is 1.32 bits per heavy atom. The number of nitrogens with zero attached hydrogens (tertiary/aromatic N) is 1. The van der Waals surface area contributed by atoms with Gasteiger partial charge < -0.3 is 4.90 Å². The average molecular weight is 342 g/mol. The second-order valence-electron chi connectivity index (χ2n) is 4.75. The lowest BCUT2D eigenvalue weighted by Crippen LogP contribution is -2.36. The zero-order valence-corrected chi connectivity index (χ0v) is 13.6. The molecule has 2 atom stereocenters. The van der Waals surface area contributed by atoms with Crippen LogP contribution >= 0.6 is 24.0 Å². The van der Waals surface area contributed by atoms with Crippen LogP contribution in [0.15, 0.2) is 11.5 Å². The zero-order chi connectivity index (χ0) is 14.3. The van der Waals surface area contributed by atoms with Crippen molar-refractivity contribution in [2.75, 3.05) is 24.3 Å². The van der Waals surface area contributed by atoms with Gasteiger partial charge in [0.1, 0.15) is 4.32 Å². The molecular weight excluding hydrogens is 326 g/mol. The predicted molar refractivity (Wildman–Crippen MR) is 81.7 cm³/mol. The minimum atomic E-state index is -3.08.